The number of rotatable bonds is 12. The standard InChI is InChI=1S/C8H14O2.C5H10O2.C3H5Br/c1-3-5-9-7-8-10-6-4-2;1-2-4-7-5-3-6;1-2-3-4/h3-4H,1-2,5-8H2;2,6H,1,3-5H2;2H,1,3H2. The highest BCUT2D eigenvalue weighted by atomic mass is 79.9. The van der Waals surface area contributed by atoms with Gasteiger partial charge in [0, 0.05) is 5.33 Å². The highest BCUT2D eigenvalue weighted by molar-refractivity contribution is 9.09. The van der Waals surface area contributed by atoms with Crippen molar-refractivity contribution in [3.05, 3.63) is 50.6 Å². The number of halogens is 1. The first-order valence-electron chi connectivity index (χ1n) is 6.58. The Kier molecular flexibility index (Phi) is 38.0. The molecule has 124 valence electrons. The van der Waals surface area contributed by atoms with Crippen LogP contribution >= 0.6 is 15.9 Å². The minimum absolute atomic E-state index is 0.0911. The molecular weight excluding hydrogens is 336 g/mol. The second-order valence-electron chi connectivity index (χ2n) is 3.26. The van der Waals surface area contributed by atoms with Crippen LogP contribution in [-0.2, 0) is 14.2 Å². The molecule has 0 bridgehead atoms. The van der Waals surface area contributed by atoms with E-state index in [4.69, 9.17) is 19.3 Å². The van der Waals surface area contributed by atoms with Crippen LogP contribution in [0.15, 0.2) is 50.6 Å². The van der Waals surface area contributed by atoms with Crippen molar-refractivity contribution in [3.8, 4) is 0 Å². The van der Waals surface area contributed by atoms with E-state index in [1.54, 1.807) is 24.3 Å². The zero-order valence-corrected chi connectivity index (χ0v) is 14.4. The van der Waals surface area contributed by atoms with Crippen molar-refractivity contribution in [1.29, 1.82) is 0 Å². The predicted molar refractivity (Wildman–Crippen MR) is 94.1 cm³/mol. The first-order valence-corrected chi connectivity index (χ1v) is 7.70. The van der Waals surface area contributed by atoms with Crippen LogP contribution in [-0.4, -0.2) is 56.7 Å². The fraction of sp³-hybridized carbons (Fsp3) is 0.500. The molecule has 0 spiro atoms. The van der Waals surface area contributed by atoms with Gasteiger partial charge in [0.1, 0.15) is 0 Å². The van der Waals surface area contributed by atoms with Crippen LogP contribution in [0.25, 0.3) is 0 Å². The first kappa shape index (κ1) is 25.2. The third-order valence-corrected chi connectivity index (χ3v) is 1.88. The lowest BCUT2D eigenvalue weighted by Gasteiger charge is -2.00. The summed E-state index contributed by atoms with van der Waals surface area (Å²) in [6, 6.07) is 0. The second kappa shape index (κ2) is 31.6. The van der Waals surface area contributed by atoms with Gasteiger partial charge < -0.3 is 19.3 Å². The van der Waals surface area contributed by atoms with Gasteiger partial charge in [-0.25, -0.2) is 0 Å². The fourth-order valence-corrected chi connectivity index (χ4v) is 0.682. The third-order valence-electron chi connectivity index (χ3n) is 1.42. The van der Waals surface area contributed by atoms with Crippen molar-refractivity contribution in [2.24, 2.45) is 0 Å². The Hall–Kier alpha value is -0.720. The maximum absolute atomic E-state index is 8.13. The minimum atomic E-state index is 0.0911. The zero-order valence-electron chi connectivity index (χ0n) is 12.8. The van der Waals surface area contributed by atoms with Gasteiger partial charge in [-0.1, -0.05) is 40.2 Å². The lowest BCUT2D eigenvalue weighted by atomic mass is 10.6. The molecule has 0 saturated heterocycles. The fourth-order valence-electron chi connectivity index (χ4n) is 0.682. The van der Waals surface area contributed by atoms with E-state index in [9.17, 15) is 0 Å². The molecule has 0 heterocycles. The number of ether oxygens (including phenoxy) is 3. The highest BCUT2D eigenvalue weighted by Gasteiger charge is 1.83. The number of hydrogen-bond donors (Lipinski definition) is 1. The normalized spacial score (nSPS) is 8.48. The SMILES string of the molecule is C=CCBr.C=CCOCCO.C=CCOCCOCC=C. The van der Waals surface area contributed by atoms with Crippen LogP contribution < -0.4 is 0 Å². The Morgan fingerprint density at radius 3 is 1.29 bits per heavy atom. The molecule has 0 unspecified atom stereocenters. The van der Waals surface area contributed by atoms with E-state index in [0.717, 1.165) is 5.33 Å². The quantitative estimate of drug-likeness (QED) is 0.328. The van der Waals surface area contributed by atoms with E-state index in [2.05, 4.69) is 42.2 Å². The average Bonchev–Trinajstić information content (AvgIpc) is 2.52. The number of aliphatic hydroxyl groups excluding tert-OH is 1. The minimum Gasteiger partial charge on any atom is -0.394 e. The molecule has 4 nitrogen and oxygen atoms in total. The van der Waals surface area contributed by atoms with Gasteiger partial charge in [0.05, 0.1) is 46.2 Å². The van der Waals surface area contributed by atoms with Gasteiger partial charge in [-0.3, -0.25) is 0 Å². The molecule has 0 aliphatic heterocycles. The van der Waals surface area contributed by atoms with Gasteiger partial charge in [0.2, 0.25) is 0 Å². The molecule has 5 heteroatoms. The molecule has 0 aromatic carbocycles. The van der Waals surface area contributed by atoms with Crippen LogP contribution in [0, 0.1) is 0 Å². The van der Waals surface area contributed by atoms with Crippen LogP contribution in [0.3, 0.4) is 0 Å². The van der Waals surface area contributed by atoms with Crippen LogP contribution in [0.1, 0.15) is 0 Å². The van der Waals surface area contributed by atoms with Crippen molar-refractivity contribution in [3.63, 3.8) is 0 Å². The molecule has 0 aromatic rings. The molecule has 21 heavy (non-hydrogen) atoms. The summed E-state index contributed by atoms with van der Waals surface area (Å²) < 4.78 is 14.9. The average molecular weight is 365 g/mol. The van der Waals surface area contributed by atoms with Gasteiger partial charge in [-0.15, -0.1) is 26.3 Å². The number of aliphatic hydroxyl groups is 1. The number of alkyl halides is 1. The Bertz CT molecular complexity index is 208. The lowest BCUT2D eigenvalue weighted by Crippen LogP contribution is -2.03. The molecule has 0 atom stereocenters. The van der Waals surface area contributed by atoms with Gasteiger partial charge in [0.15, 0.2) is 0 Å². The first-order chi connectivity index (χ1) is 10.2. The van der Waals surface area contributed by atoms with E-state index in [1.807, 2.05) is 0 Å². The van der Waals surface area contributed by atoms with E-state index in [-0.39, 0.29) is 6.61 Å². The molecular formula is C16H29BrO4. The van der Waals surface area contributed by atoms with Crippen molar-refractivity contribution in [2.45, 2.75) is 0 Å². The summed E-state index contributed by atoms with van der Waals surface area (Å²) in [4.78, 5) is 0. The maximum atomic E-state index is 8.13. The summed E-state index contributed by atoms with van der Waals surface area (Å²) in [5, 5.41) is 9.03. The molecule has 0 fully saturated rings. The van der Waals surface area contributed by atoms with E-state index in [0.29, 0.717) is 39.6 Å². The Balaban J connectivity index is -0.000000256. The Morgan fingerprint density at radius 1 is 0.714 bits per heavy atom. The number of hydrogen-bond acceptors (Lipinski definition) is 4. The van der Waals surface area contributed by atoms with Gasteiger partial charge in [-0.2, -0.15) is 0 Å². The van der Waals surface area contributed by atoms with Crippen molar-refractivity contribution < 1.29 is 19.3 Å². The highest BCUT2D eigenvalue weighted by Crippen LogP contribution is 1.78. The summed E-state index contributed by atoms with van der Waals surface area (Å²) in [5.41, 5.74) is 0. The third kappa shape index (κ3) is 45.2. The topological polar surface area (TPSA) is 47.9 Å². The molecule has 0 aromatic heterocycles. The molecule has 0 aliphatic carbocycles. The Morgan fingerprint density at radius 2 is 1.05 bits per heavy atom. The molecule has 1 N–H and O–H groups in total. The van der Waals surface area contributed by atoms with Crippen molar-refractivity contribution in [1.82, 2.24) is 0 Å². The monoisotopic (exact) mass is 364 g/mol. The van der Waals surface area contributed by atoms with Crippen LogP contribution in [0.5, 0.6) is 0 Å². The second-order valence-corrected chi connectivity index (χ2v) is 3.90. The summed E-state index contributed by atoms with van der Waals surface area (Å²) in [6.45, 7) is 17.4. The zero-order chi connectivity index (χ0) is 16.6. The van der Waals surface area contributed by atoms with Crippen LogP contribution in [0.2, 0.25) is 0 Å². The summed E-state index contributed by atoms with van der Waals surface area (Å²) in [6.07, 6.45) is 6.87. The summed E-state index contributed by atoms with van der Waals surface area (Å²) in [7, 11) is 0. The van der Waals surface area contributed by atoms with E-state index < -0.39 is 0 Å². The Labute approximate surface area is 137 Å². The largest absolute Gasteiger partial charge is 0.394 e. The predicted octanol–water partition coefficient (Wildman–Crippen LogP) is 3.14. The summed E-state index contributed by atoms with van der Waals surface area (Å²) >= 11 is 3.13. The summed E-state index contributed by atoms with van der Waals surface area (Å²) in [5.74, 6) is 0. The number of allylic oxidation sites excluding steroid dienone is 1. The maximum Gasteiger partial charge on any atom is 0.0704 e. The smallest absolute Gasteiger partial charge is 0.0704 e. The van der Waals surface area contributed by atoms with Gasteiger partial charge in [0.25, 0.3) is 0 Å². The molecule has 0 amide bonds. The molecule has 0 rings (SSSR count). The van der Waals surface area contributed by atoms with E-state index >= 15 is 0 Å². The van der Waals surface area contributed by atoms with Crippen molar-refractivity contribution in [2.75, 3.05) is 51.6 Å². The van der Waals surface area contributed by atoms with Gasteiger partial charge in [-0.05, 0) is 0 Å². The van der Waals surface area contributed by atoms with E-state index in [1.165, 1.54) is 0 Å². The van der Waals surface area contributed by atoms with Gasteiger partial charge >= 0.3 is 0 Å². The molecule has 0 radical (unpaired) electrons. The molecule has 0 aliphatic rings. The molecule has 0 saturated carbocycles. The lowest BCUT2D eigenvalue weighted by molar-refractivity contribution is 0.0710. The van der Waals surface area contributed by atoms with Crippen LogP contribution in [0.4, 0.5) is 0 Å². The van der Waals surface area contributed by atoms with Crippen molar-refractivity contribution >= 4 is 15.9 Å².